The van der Waals surface area contributed by atoms with Crippen LogP contribution in [0.2, 0.25) is 0 Å². The molecule has 4 nitrogen and oxygen atoms in total. The lowest BCUT2D eigenvalue weighted by Gasteiger charge is -2.06. The molecule has 0 bridgehead atoms. The molecule has 0 fully saturated rings. The van der Waals surface area contributed by atoms with Gasteiger partial charge < -0.3 is 10.2 Å². The monoisotopic (exact) mass is 212 g/mol. The summed E-state index contributed by atoms with van der Waals surface area (Å²) in [4.78, 5) is 21.2. The fraction of sp³-hybridized carbons (Fsp3) is 0.200. The standard InChI is InChI=1S/C10H9FO4/c1-5-2-3-6(4-7(12)13)8(9(5)11)10(14)15/h2-3H,4H2,1H3,(H,12,13)(H,14,15). The van der Waals surface area contributed by atoms with Crippen molar-refractivity contribution in [2.75, 3.05) is 0 Å². The van der Waals surface area contributed by atoms with Gasteiger partial charge >= 0.3 is 11.9 Å². The lowest BCUT2D eigenvalue weighted by molar-refractivity contribution is -0.136. The van der Waals surface area contributed by atoms with Crippen molar-refractivity contribution in [3.8, 4) is 0 Å². The van der Waals surface area contributed by atoms with Crippen molar-refractivity contribution in [1.82, 2.24) is 0 Å². The number of halogens is 1. The Hall–Kier alpha value is -1.91. The topological polar surface area (TPSA) is 74.6 Å². The van der Waals surface area contributed by atoms with Crippen LogP contribution in [0.5, 0.6) is 0 Å². The van der Waals surface area contributed by atoms with Gasteiger partial charge in [-0.25, -0.2) is 9.18 Å². The third kappa shape index (κ3) is 2.31. The number of rotatable bonds is 3. The molecule has 0 aromatic heterocycles. The van der Waals surface area contributed by atoms with E-state index in [-0.39, 0.29) is 11.1 Å². The normalized spacial score (nSPS) is 10.0. The predicted octanol–water partition coefficient (Wildman–Crippen LogP) is 1.46. The Morgan fingerprint density at radius 1 is 1.33 bits per heavy atom. The first-order chi connectivity index (χ1) is 6.93. The van der Waals surface area contributed by atoms with Crippen LogP contribution in [0.15, 0.2) is 12.1 Å². The minimum Gasteiger partial charge on any atom is -0.481 e. The van der Waals surface area contributed by atoms with Crippen LogP contribution in [0.25, 0.3) is 0 Å². The lowest BCUT2D eigenvalue weighted by atomic mass is 10.0. The Morgan fingerprint density at radius 3 is 2.40 bits per heavy atom. The van der Waals surface area contributed by atoms with E-state index in [1.165, 1.54) is 19.1 Å². The summed E-state index contributed by atoms with van der Waals surface area (Å²) in [6.07, 6.45) is -0.501. The Bertz CT molecular complexity index is 426. The number of aromatic carboxylic acids is 1. The van der Waals surface area contributed by atoms with Crippen LogP contribution in [-0.2, 0) is 11.2 Å². The quantitative estimate of drug-likeness (QED) is 0.795. The van der Waals surface area contributed by atoms with E-state index in [9.17, 15) is 14.0 Å². The molecule has 2 N–H and O–H groups in total. The van der Waals surface area contributed by atoms with E-state index in [0.29, 0.717) is 0 Å². The summed E-state index contributed by atoms with van der Waals surface area (Å²) in [6.45, 7) is 1.42. The van der Waals surface area contributed by atoms with Crippen LogP contribution in [0.4, 0.5) is 4.39 Å². The summed E-state index contributed by atoms with van der Waals surface area (Å²) in [7, 11) is 0. The molecule has 0 unspecified atom stereocenters. The molecular weight excluding hydrogens is 203 g/mol. The average Bonchev–Trinajstić information content (AvgIpc) is 2.10. The van der Waals surface area contributed by atoms with Crippen LogP contribution < -0.4 is 0 Å². The molecule has 0 aliphatic rings. The molecular formula is C10H9FO4. The second kappa shape index (κ2) is 4.08. The van der Waals surface area contributed by atoms with Crippen LogP contribution in [0.1, 0.15) is 21.5 Å². The maximum absolute atomic E-state index is 13.4. The second-order valence-electron chi connectivity index (χ2n) is 3.11. The molecule has 1 aromatic rings. The Morgan fingerprint density at radius 2 is 1.93 bits per heavy atom. The van der Waals surface area contributed by atoms with E-state index in [0.717, 1.165) is 0 Å². The average molecular weight is 212 g/mol. The largest absolute Gasteiger partial charge is 0.481 e. The SMILES string of the molecule is Cc1ccc(CC(=O)O)c(C(=O)O)c1F. The minimum absolute atomic E-state index is 0.0295. The van der Waals surface area contributed by atoms with Crippen molar-refractivity contribution in [2.45, 2.75) is 13.3 Å². The Balaban J connectivity index is 3.33. The van der Waals surface area contributed by atoms with Crippen LogP contribution >= 0.6 is 0 Å². The van der Waals surface area contributed by atoms with E-state index < -0.39 is 29.7 Å². The number of carbonyl (C=O) groups is 2. The van der Waals surface area contributed by atoms with Crippen molar-refractivity contribution in [3.05, 3.63) is 34.6 Å². The molecule has 15 heavy (non-hydrogen) atoms. The van der Waals surface area contributed by atoms with Gasteiger partial charge in [-0.1, -0.05) is 12.1 Å². The molecule has 0 aliphatic carbocycles. The zero-order valence-electron chi connectivity index (χ0n) is 7.95. The first kappa shape index (κ1) is 11.2. The number of carboxylic acids is 2. The highest BCUT2D eigenvalue weighted by atomic mass is 19.1. The number of aliphatic carboxylic acids is 1. The number of hydrogen-bond acceptors (Lipinski definition) is 2. The highest BCUT2D eigenvalue weighted by molar-refractivity contribution is 5.91. The van der Waals surface area contributed by atoms with Crippen LogP contribution in [0, 0.1) is 12.7 Å². The summed E-state index contributed by atoms with van der Waals surface area (Å²) in [5, 5.41) is 17.3. The van der Waals surface area contributed by atoms with Gasteiger partial charge in [-0.15, -0.1) is 0 Å². The molecule has 0 atom stereocenters. The zero-order chi connectivity index (χ0) is 11.6. The third-order valence-electron chi connectivity index (χ3n) is 1.98. The summed E-state index contributed by atoms with van der Waals surface area (Å²) in [6, 6.07) is 2.68. The molecule has 0 spiro atoms. The van der Waals surface area contributed by atoms with Gasteiger partial charge in [0.05, 0.1) is 12.0 Å². The molecule has 0 amide bonds. The van der Waals surface area contributed by atoms with Crippen molar-refractivity contribution >= 4 is 11.9 Å². The predicted molar refractivity (Wildman–Crippen MR) is 49.4 cm³/mol. The zero-order valence-corrected chi connectivity index (χ0v) is 7.95. The number of aryl methyl sites for hydroxylation is 1. The summed E-state index contributed by atoms with van der Waals surface area (Å²) in [5.74, 6) is -3.52. The maximum Gasteiger partial charge on any atom is 0.338 e. The van der Waals surface area contributed by atoms with Gasteiger partial charge in [0.15, 0.2) is 0 Å². The van der Waals surface area contributed by atoms with Gasteiger partial charge in [0.25, 0.3) is 0 Å². The van der Waals surface area contributed by atoms with E-state index >= 15 is 0 Å². The van der Waals surface area contributed by atoms with Gasteiger partial charge in [0.1, 0.15) is 5.82 Å². The molecule has 80 valence electrons. The van der Waals surface area contributed by atoms with E-state index in [4.69, 9.17) is 10.2 Å². The van der Waals surface area contributed by atoms with Gasteiger partial charge in [0.2, 0.25) is 0 Å². The molecule has 0 saturated carbocycles. The van der Waals surface area contributed by atoms with Crippen LogP contribution in [0.3, 0.4) is 0 Å². The highest BCUT2D eigenvalue weighted by Crippen LogP contribution is 2.18. The van der Waals surface area contributed by atoms with Gasteiger partial charge in [0, 0.05) is 0 Å². The molecule has 5 heteroatoms. The molecule has 0 aliphatic heterocycles. The third-order valence-corrected chi connectivity index (χ3v) is 1.98. The van der Waals surface area contributed by atoms with E-state index in [1.54, 1.807) is 0 Å². The number of carboxylic acid groups (broad SMARTS) is 2. The van der Waals surface area contributed by atoms with Crippen LogP contribution in [-0.4, -0.2) is 22.2 Å². The smallest absolute Gasteiger partial charge is 0.338 e. The maximum atomic E-state index is 13.4. The molecule has 0 radical (unpaired) electrons. The summed E-state index contributed by atoms with van der Waals surface area (Å²) >= 11 is 0. The van der Waals surface area contributed by atoms with Crippen molar-refractivity contribution in [3.63, 3.8) is 0 Å². The summed E-state index contributed by atoms with van der Waals surface area (Å²) < 4.78 is 13.4. The fourth-order valence-electron chi connectivity index (χ4n) is 1.26. The lowest BCUT2D eigenvalue weighted by Crippen LogP contribution is -2.11. The van der Waals surface area contributed by atoms with Crippen molar-refractivity contribution in [2.24, 2.45) is 0 Å². The first-order valence-corrected chi connectivity index (χ1v) is 4.16. The molecule has 0 saturated heterocycles. The van der Waals surface area contributed by atoms with Gasteiger partial charge in [-0.05, 0) is 18.1 Å². The van der Waals surface area contributed by atoms with Gasteiger partial charge in [-0.3, -0.25) is 4.79 Å². The first-order valence-electron chi connectivity index (χ1n) is 4.16. The van der Waals surface area contributed by atoms with E-state index in [1.807, 2.05) is 0 Å². The molecule has 1 aromatic carbocycles. The minimum atomic E-state index is -1.45. The highest BCUT2D eigenvalue weighted by Gasteiger charge is 2.19. The second-order valence-corrected chi connectivity index (χ2v) is 3.11. The summed E-state index contributed by atoms with van der Waals surface area (Å²) in [5.41, 5.74) is -0.406. The Kier molecular flexibility index (Phi) is 3.04. The molecule has 1 rings (SSSR count). The number of hydrogen-bond donors (Lipinski definition) is 2. The van der Waals surface area contributed by atoms with E-state index in [2.05, 4.69) is 0 Å². The fourth-order valence-corrected chi connectivity index (χ4v) is 1.26. The van der Waals surface area contributed by atoms with Gasteiger partial charge in [-0.2, -0.15) is 0 Å². The van der Waals surface area contributed by atoms with Crippen molar-refractivity contribution in [1.29, 1.82) is 0 Å². The number of benzene rings is 1. The molecule has 0 heterocycles. The Labute approximate surface area is 85.0 Å². The van der Waals surface area contributed by atoms with Crippen molar-refractivity contribution < 1.29 is 24.2 Å².